The minimum Gasteiger partial charge on any atom is -0.475 e. The third kappa shape index (κ3) is 44.8. The van der Waals surface area contributed by atoms with Gasteiger partial charge in [0.1, 0.15) is 6.04 Å². The second-order valence-corrected chi connectivity index (χ2v) is 17.1. The minimum atomic E-state index is -5.08. The van der Waals surface area contributed by atoms with Crippen LogP contribution in [0.4, 0.5) is 13.2 Å². The van der Waals surface area contributed by atoms with Gasteiger partial charge < -0.3 is 43.2 Å². The molecule has 18 heteroatoms. The summed E-state index contributed by atoms with van der Waals surface area (Å²) in [5.74, 6) is -4.76. The molecular weight excluding hydrogens is 858 g/mol. The van der Waals surface area contributed by atoms with E-state index in [1.165, 1.54) is 133 Å². The van der Waals surface area contributed by atoms with Crippen LogP contribution >= 0.6 is 0 Å². The van der Waals surface area contributed by atoms with Gasteiger partial charge in [-0.05, 0) is 25.7 Å². The average Bonchev–Trinajstić information content (AvgIpc) is 3.26. The van der Waals surface area contributed by atoms with Crippen molar-refractivity contribution in [3.63, 3.8) is 0 Å². The average molecular weight is 947 g/mol. The van der Waals surface area contributed by atoms with E-state index in [9.17, 15) is 37.1 Å². The molecule has 1 atom stereocenters. The lowest BCUT2D eigenvalue weighted by Crippen LogP contribution is -2.44. The maximum atomic E-state index is 13.2. The van der Waals surface area contributed by atoms with E-state index in [1.54, 1.807) is 0 Å². The molecule has 0 aromatic rings. The minimum absolute atomic E-state index is 0.0566. The van der Waals surface area contributed by atoms with E-state index in [0.717, 1.165) is 50.7 Å². The second kappa shape index (κ2) is 44.5. The van der Waals surface area contributed by atoms with Gasteiger partial charge in [0.25, 0.3) is 0 Å². The summed E-state index contributed by atoms with van der Waals surface area (Å²) in [5.41, 5.74) is 16.1. The molecular formula is C48H89F3N8O7. The van der Waals surface area contributed by atoms with Crippen LogP contribution in [0.3, 0.4) is 0 Å². The number of amides is 5. The molecule has 0 heterocycles. The zero-order valence-electron chi connectivity index (χ0n) is 40.6. The molecule has 0 aliphatic carbocycles. The Morgan fingerprint density at radius 1 is 0.576 bits per heavy atom. The van der Waals surface area contributed by atoms with Gasteiger partial charge in [-0.1, -0.05) is 168 Å². The van der Waals surface area contributed by atoms with Gasteiger partial charge in [-0.25, -0.2) is 4.79 Å². The fourth-order valence-electron chi connectivity index (χ4n) is 7.04. The zero-order chi connectivity index (χ0) is 49.7. The number of aliphatic carboxylic acids is 1. The molecule has 0 unspecified atom stereocenters. The molecule has 15 nitrogen and oxygen atoms in total. The quantitative estimate of drug-likeness (QED) is 0.0135. The third-order valence-corrected chi connectivity index (χ3v) is 11.0. The van der Waals surface area contributed by atoms with Crippen LogP contribution in [-0.2, 0) is 28.8 Å². The first kappa shape index (κ1) is 63.7. The third-order valence-electron chi connectivity index (χ3n) is 11.0. The maximum Gasteiger partial charge on any atom is 0.490 e. The molecule has 0 aliphatic rings. The summed E-state index contributed by atoms with van der Waals surface area (Å²) < 4.78 is 31.7. The van der Waals surface area contributed by atoms with Gasteiger partial charge >= 0.3 is 12.1 Å². The first-order chi connectivity index (χ1) is 31.5. The van der Waals surface area contributed by atoms with Crippen LogP contribution in [0.15, 0.2) is 17.1 Å². The zero-order valence-corrected chi connectivity index (χ0v) is 40.6. The number of nitrogens with zero attached hydrogens (tertiary/aromatic N) is 2. The number of nitrogens with two attached hydrogens (primary N) is 3. The summed E-state index contributed by atoms with van der Waals surface area (Å²) in [4.78, 5) is 77.1. The highest BCUT2D eigenvalue weighted by Gasteiger charge is 2.38. The van der Waals surface area contributed by atoms with Gasteiger partial charge in [-0.2, -0.15) is 13.2 Å². The van der Waals surface area contributed by atoms with Crippen molar-refractivity contribution in [2.45, 2.75) is 219 Å². The van der Waals surface area contributed by atoms with Crippen LogP contribution in [0.1, 0.15) is 206 Å². The van der Waals surface area contributed by atoms with E-state index in [4.69, 9.17) is 27.1 Å². The molecule has 0 aromatic carbocycles. The predicted molar refractivity (Wildman–Crippen MR) is 257 cm³/mol. The number of unbranched alkanes of at least 4 members (excludes halogenated alkanes) is 24. The summed E-state index contributed by atoms with van der Waals surface area (Å²) in [6, 6.07) is -0.956. The molecule has 10 N–H and O–H groups in total. The SMILES string of the molecule is CCCCCCCCCCCCCCCC(=O)NCCN(CCNC(=O)CCCCCCCCCCCCCCC)C(=O)/C=C\C(=O)N[C@@H](CCCN=C(N)N)C(N)=O.O=C(O)C(F)(F)F. The fourth-order valence-corrected chi connectivity index (χ4v) is 7.04. The number of aliphatic imine (C=N–C) groups is 1. The van der Waals surface area contributed by atoms with E-state index in [-0.39, 0.29) is 56.9 Å². The standard InChI is InChI=1S/C46H88N8O5.C2HF3O2/c1-3-5-7-9-11-13-15-17-19-21-23-25-27-31-41(55)50-36-38-54(44(58)34-33-43(57)53-40(45(47)59)30-29-35-52-46(48)49)39-37-51-42(56)32-28-26-24-22-20-18-16-14-12-10-8-6-4-2;3-2(4,5)1(6)7/h33-34,40H,3-32,35-39H2,1-2H3,(H2,47,59)(H,50,55)(H,51,56)(H,53,57)(H4,48,49,52);(H,6,7)/b34-33-;/t40-;/m0./s1. The van der Waals surface area contributed by atoms with E-state index in [0.29, 0.717) is 19.3 Å². The van der Waals surface area contributed by atoms with Gasteiger partial charge in [-0.3, -0.25) is 29.0 Å². The van der Waals surface area contributed by atoms with Crippen molar-refractivity contribution in [3.05, 3.63) is 12.2 Å². The van der Waals surface area contributed by atoms with Crippen molar-refractivity contribution in [2.75, 3.05) is 32.7 Å². The topological polar surface area (TPSA) is 252 Å². The Labute approximate surface area is 394 Å². The number of carboxylic acids is 1. The van der Waals surface area contributed by atoms with Crippen LogP contribution in [0.25, 0.3) is 0 Å². The molecule has 384 valence electrons. The first-order valence-electron chi connectivity index (χ1n) is 25.0. The molecule has 0 spiro atoms. The predicted octanol–water partition coefficient (Wildman–Crippen LogP) is 8.22. The highest BCUT2D eigenvalue weighted by Crippen LogP contribution is 2.15. The number of halogens is 3. The molecule has 0 aromatic heterocycles. The van der Waals surface area contributed by atoms with Gasteiger partial charge in [0.05, 0.1) is 0 Å². The van der Waals surface area contributed by atoms with Crippen molar-refractivity contribution in [3.8, 4) is 0 Å². The van der Waals surface area contributed by atoms with Crippen molar-refractivity contribution < 1.29 is 47.0 Å². The molecule has 66 heavy (non-hydrogen) atoms. The van der Waals surface area contributed by atoms with E-state index in [2.05, 4.69) is 34.8 Å². The van der Waals surface area contributed by atoms with Crippen LogP contribution in [-0.4, -0.2) is 96.4 Å². The highest BCUT2D eigenvalue weighted by molar-refractivity contribution is 5.98. The summed E-state index contributed by atoms with van der Waals surface area (Å²) >= 11 is 0. The number of carbonyl (C=O) groups is 6. The van der Waals surface area contributed by atoms with Crippen molar-refractivity contribution in [1.29, 1.82) is 0 Å². The molecule has 0 fully saturated rings. The monoisotopic (exact) mass is 947 g/mol. The Morgan fingerprint density at radius 2 is 0.924 bits per heavy atom. The molecule has 0 saturated heterocycles. The fraction of sp³-hybridized carbons (Fsp3) is 0.812. The first-order valence-corrected chi connectivity index (χ1v) is 25.0. The Kier molecular flexibility index (Phi) is 42.9. The number of carbonyl (C=O) groups excluding carboxylic acids is 5. The Balaban J connectivity index is 0. The van der Waals surface area contributed by atoms with Crippen LogP contribution in [0, 0.1) is 0 Å². The molecule has 5 amide bonds. The lowest BCUT2D eigenvalue weighted by Gasteiger charge is -2.22. The van der Waals surface area contributed by atoms with E-state index < -0.39 is 35.9 Å². The number of hydrogen-bond donors (Lipinski definition) is 7. The Morgan fingerprint density at radius 3 is 1.24 bits per heavy atom. The number of guanidine groups is 1. The summed E-state index contributed by atoms with van der Waals surface area (Å²) in [7, 11) is 0. The maximum absolute atomic E-state index is 13.2. The second-order valence-electron chi connectivity index (χ2n) is 17.1. The molecule has 0 aliphatic heterocycles. The largest absolute Gasteiger partial charge is 0.490 e. The molecule has 0 bridgehead atoms. The Hall–Kier alpha value is -4.38. The molecule has 0 rings (SSSR count). The number of nitrogens with one attached hydrogen (secondary N) is 3. The van der Waals surface area contributed by atoms with Crippen molar-refractivity contribution in [2.24, 2.45) is 22.2 Å². The van der Waals surface area contributed by atoms with Gasteiger partial charge in [0.2, 0.25) is 29.5 Å². The van der Waals surface area contributed by atoms with E-state index in [1.807, 2.05) is 0 Å². The summed E-state index contributed by atoms with van der Waals surface area (Å²) in [5, 5.41) is 15.5. The normalized spacial score (nSPS) is 11.6. The highest BCUT2D eigenvalue weighted by atomic mass is 19.4. The van der Waals surface area contributed by atoms with Crippen LogP contribution < -0.4 is 33.2 Å². The van der Waals surface area contributed by atoms with Gasteiger partial charge in [0, 0.05) is 57.7 Å². The van der Waals surface area contributed by atoms with E-state index >= 15 is 0 Å². The number of alkyl halides is 3. The Bertz CT molecular complexity index is 1300. The number of hydrogen-bond acceptors (Lipinski definition) is 7. The van der Waals surface area contributed by atoms with Crippen LogP contribution in [0.2, 0.25) is 0 Å². The number of carboxylic acid groups (broad SMARTS) is 1. The molecule has 0 saturated carbocycles. The lowest BCUT2D eigenvalue weighted by atomic mass is 10.0. The summed E-state index contributed by atoms with van der Waals surface area (Å²) in [6.45, 7) is 5.68. The lowest BCUT2D eigenvalue weighted by molar-refractivity contribution is -0.192. The summed E-state index contributed by atoms with van der Waals surface area (Å²) in [6.07, 6.45) is 30.9. The van der Waals surface area contributed by atoms with Gasteiger partial charge in [0.15, 0.2) is 5.96 Å². The van der Waals surface area contributed by atoms with Crippen LogP contribution in [0.5, 0.6) is 0 Å². The van der Waals surface area contributed by atoms with Crippen molar-refractivity contribution in [1.82, 2.24) is 20.9 Å². The van der Waals surface area contributed by atoms with Crippen molar-refractivity contribution >= 4 is 41.5 Å². The number of primary amides is 1. The van der Waals surface area contributed by atoms with Gasteiger partial charge in [-0.15, -0.1) is 0 Å². The molecule has 0 radical (unpaired) electrons. The number of rotatable bonds is 42. The smallest absolute Gasteiger partial charge is 0.475 e.